The van der Waals surface area contributed by atoms with Gasteiger partial charge < -0.3 is 14.0 Å². The van der Waals surface area contributed by atoms with E-state index >= 15 is 0 Å². The smallest absolute Gasteiger partial charge is 0.267 e. The van der Waals surface area contributed by atoms with E-state index < -0.39 is 10.0 Å². The van der Waals surface area contributed by atoms with Crippen molar-refractivity contribution in [2.45, 2.75) is 25.7 Å². The zero-order valence-electron chi connectivity index (χ0n) is 13.7. The van der Waals surface area contributed by atoms with Gasteiger partial charge in [0.25, 0.3) is 10.0 Å². The van der Waals surface area contributed by atoms with E-state index in [1.165, 1.54) is 12.1 Å². The van der Waals surface area contributed by atoms with E-state index in [2.05, 4.69) is 21.1 Å². The highest BCUT2D eigenvalue weighted by molar-refractivity contribution is 9.10. The van der Waals surface area contributed by atoms with Crippen molar-refractivity contribution in [3.8, 4) is 0 Å². The molecule has 0 aliphatic heterocycles. The molecule has 0 radical (unpaired) electrons. The van der Waals surface area contributed by atoms with E-state index in [-0.39, 0.29) is 24.2 Å². The molecule has 0 N–H and O–H groups in total. The second-order valence-electron chi connectivity index (χ2n) is 4.94. The molecule has 0 fully saturated rings. The number of hydrogen-bond acceptors (Lipinski definition) is 6. The highest BCUT2D eigenvalue weighted by atomic mass is 79.9. The molecule has 9 heteroatoms. The summed E-state index contributed by atoms with van der Waals surface area (Å²) in [6.45, 7) is 5.52. The van der Waals surface area contributed by atoms with Gasteiger partial charge in [0.2, 0.25) is 0 Å². The van der Waals surface area contributed by atoms with Crippen LogP contribution >= 0.6 is 15.9 Å². The Hall–Kier alpha value is -1.42. The summed E-state index contributed by atoms with van der Waals surface area (Å²) < 4.78 is 43.3. The first-order valence-electron chi connectivity index (χ1n) is 7.24. The van der Waals surface area contributed by atoms with Crippen LogP contribution in [0.25, 0.3) is 0 Å². The van der Waals surface area contributed by atoms with Gasteiger partial charge in [-0.3, -0.25) is 0 Å². The number of aromatic nitrogens is 1. The quantitative estimate of drug-likeness (QED) is 0.483. The normalized spacial score (nSPS) is 11.7. The molecule has 0 aliphatic carbocycles. The molecule has 1 aromatic carbocycles. The molecule has 7 nitrogen and oxygen atoms in total. The number of sulfonamides is 1. The largest absolute Gasteiger partial charge is 0.359 e. The SMILES string of the molecule is CCOCOCN(c1noc(C)c1C)S(=O)(=O)c1ccc(Br)cc1. The maximum absolute atomic E-state index is 13.0. The molecule has 0 atom stereocenters. The summed E-state index contributed by atoms with van der Waals surface area (Å²) in [6, 6.07) is 6.34. The number of benzene rings is 1. The average Bonchev–Trinajstić information content (AvgIpc) is 2.87. The molecule has 0 unspecified atom stereocenters. The first-order valence-corrected chi connectivity index (χ1v) is 9.48. The molecular formula is C15H19BrN2O5S. The summed E-state index contributed by atoms with van der Waals surface area (Å²) in [5.41, 5.74) is 0.635. The van der Waals surface area contributed by atoms with Gasteiger partial charge >= 0.3 is 0 Å². The van der Waals surface area contributed by atoms with Crippen molar-refractivity contribution in [2.75, 3.05) is 24.4 Å². The highest BCUT2D eigenvalue weighted by Gasteiger charge is 2.29. The Morgan fingerprint density at radius 2 is 1.88 bits per heavy atom. The Balaban J connectivity index is 2.37. The molecule has 24 heavy (non-hydrogen) atoms. The first kappa shape index (κ1) is 18.9. The highest BCUT2D eigenvalue weighted by Crippen LogP contribution is 2.28. The first-order chi connectivity index (χ1) is 11.4. The Labute approximate surface area is 149 Å². The van der Waals surface area contributed by atoms with Crippen LogP contribution in [0.1, 0.15) is 18.2 Å². The standard InChI is InChI=1S/C15H19BrN2O5S/c1-4-21-10-22-9-18(15-11(2)12(3)23-17-15)24(19,20)14-7-5-13(16)6-8-14/h5-8H,4,9-10H2,1-3H3. The minimum atomic E-state index is -3.86. The van der Waals surface area contributed by atoms with E-state index in [4.69, 9.17) is 14.0 Å². The summed E-state index contributed by atoms with van der Waals surface area (Å²) in [4.78, 5) is 0.130. The third-order valence-corrected chi connectivity index (χ3v) is 5.60. The lowest BCUT2D eigenvalue weighted by Crippen LogP contribution is -2.34. The molecule has 0 amide bonds. The van der Waals surface area contributed by atoms with E-state index in [0.29, 0.717) is 17.9 Å². The van der Waals surface area contributed by atoms with E-state index in [1.54, 1.807) is 26.0 Å². The number of ether oxygens (including phenoxy) is 2. The lowest BCUT2D eigenvalue weighted by atomic mass is 10.3. The number of halogens is 1. The van der Waals surface area contributed by atoms with Gasteiger partial charge in [0.15, 0.2) is 5.82 Å². The summed E-state index contributed by atoms with van der Waals surface area (Å²) in [6.07, 6.45) is 0. The molecular weight excluding hydrogens is 400 g/mol. The number of nitrogens with zero attached hydrogens (tertiary/aromatic N) is 2. The topological polar surface area (TPSA) is 81.9 Å². The minimum Gasteiger partial charge on any atom is -0.359 e. The van der Waals surface area contributed by atoms with Gasteiger partial charge in [-0.2, -0.15) is 0 Å². The second kappa shape index (κ2) is 8.11. The number of hydrogen-bond donors (Lipinski definition) is 0. The minimum absolute atomic E-state index is 0.0151. The molecule has 1 aromatic heterocycles. The van der Waals surface area contributed by atoms with Crippen LogP contribution in [0.4, 0.5) is 5.82 Å². The van der Waals surface area contributed by atoms with Crippen molar-refractivity contribution in [1.82, 2.24) is 5.16 Å². The van der Waals surface area contributed by atoms with Crippen LogP contribution in [0.3, 0.4) is 0 Å². The van der Waals surface area contributed by atoms with Crippen LogP contribution in [0.5, 0.6) is 0 Å². The fraction of sp³-hybridized carbons (Fsp3) is 0.400. The fourth-order valence-corrected chi connectivity index (χ4v) is 3.49. The summed E-state index contributed by atoms with van der Waals surface area (Å²) >= 11 is 3.29. The molecule has 0 saturated carbocycles. The summed E-state index contributed by atoms with van der Waals surface area (Å²) in [5.74, 6) is 0.748. The fourth-order valence-electron chi connectivity index (χ4n) is 1.88. The maximum atomic E-state index is 13.0. The molecule has 0 aliphatic rings. The molecule has 2 rings (SSSR count). The van der Waals surface area contributed by atoms with Crippen LogP contribution in [-0.2, 0) is 19.5 Å². The van der Waals surface area contributed by atoms with Crippen LogP contribution < -0.4 is 4.31 Å². The van der Waals surface area contributed by atoms with E-state index in [0.717, 1.165) is 8.78 Å². The summed E-state index contributed by atoms with van der Waals surface area (Å²) in [5, 5.41) is 3.87. The van der Waals surface area contributed by atoms with Crippen LogP contribution in [0.15, 0.2) is 38.2 Å². The Bertz CT molecular complexity index is 774. The van der Waals surface area contributed by atoms with Crippen molar-refractivity contribution in [1.29, 1.82) is 0 Å². The average molecular weight is 419 g/mol. The molecule has 2 aromatic rings. The second-order valence-corrected chi connectivity index (χ2v) is 7.72. The van der Waals surface area contributed by atoms with Gasteiger partial charge in [-0.1, -0.05) is 21.1 Å². The maximum Gasteiger partial charge on any atom is 0.267 e. The van der Waals surface area contributed by atoms with Crippen molar-refractivity contribution in [3.63, 3.8) is 0 Å². The zero-order valence-corrected chi connectivity index (χ0v) is 16.1. The number of rotatable bonds is 8. The van der Waals surface area contributed by atoms with Crippen molar-refractivity contribution < 1.29 is 22.4 Å². The molecule has 132 valence electrons. The van der Waals surface area contributed by atoms with E-state index in [9.17, 15) is 8.42 Å². The van der Waals surface area contributed by atoms with Crippen molar-refractivity contribution in [2.24, 2.45) is 0 Å². The van der Waals surface area contributed by atoms with Crippen molar-refractivity contribution in [3.05, 3.63) is 40.1 Å². The van der Waals surface area contributed by atoms with Gasteiger partial charge in [-0.25, -0.2) is 12.7 Å². The van der Waals surface area contributed by atoms with Crippen LogP contribution in [0, 0.1) is 13.8 Å². The molecule has 0 bridgehead atoms. The molecule has 1 heterocycles. The molecule has 0 saturated heterocycles. The third-order valence-electron chi connectivity index (χ3n) is 3.35. The predicted molar refractivity (Wildman–Crippen MR) is 92.2 cm³/mol. The zero-order chi connectivity index (χ0) is 17.7. The van der Waals surface area contributed by atoms with Gasteiger partial charge in [-0.15, -0.1) is 0 Å². The third kappa shape index (κ3) is 4.15. The van der Waals surface area contributed by atoms with Gasteiger partial charge in [-0.05, 0) is 45.0 Å². The van der Waals surface area contributed by atoms with Gasteiger partial charge in [0.1, 0.15) is 19.3 Å². The lowest BCUT2D eigenvalue weighted by Gasteiger charge is -2.22. The predicted octanol–water partition coefficient (Wildman–Crippen LogP) is 3.22. The number of anilines is 1. The lowest BCUT2D eigenvalue weighted by molar-refractivity contribution is -0.0459. The Kier molecular flexibility index (Phi) is 6.39. The van der Waals surface area contributed by atoms with Gasteiger partial charge in [0.05, 0.1) is 4.90 Å². The summed E-state index contributed by atoms with van der Waals surface area (Å²) in [7, 11) is -3.86. The van der Waals surface area contributed by atoms with Gasteiger partial charge in [0, 0.05) is 16.6 Å². The Morgan fingerprint density at radius 1 is 1.21 bits per heavy atom. The van der Waals surface area contributed by atoms with Crippen LogP contribution in [0.2, 0.25) is 0 Å². The van der Waals surface area contributed by atoms with Crippen LogP contribution in [-0.4, -0.2) is 33.7 Å². The monoisotopic (exact) mass is 418 g/mol. The Morgan fingerprint density at radius 3 is 2.42 bits per heavy atom. The number of aryl methyl sites for hydroxylation is 1. The van der Waals surface area contributed by atoms with Crippen molar-refractivity contribution >= 4 is 31.8 Å². The van der Waals surface area contributed by atoms with E-state index in [1.807, 2.05) is 6.92 Å². The molecule has 0 spiro atoms.